The average molecular weight is 425 g/mol. The monoisotopic (exact) mass is 424 g/mol. The molecule has 2 fully saturated rings. The van der Waals surface area contributed by atoms with Gasteiger partial charge < -0.3 is 9.16 Å². The van der Waals surface area contributed by atoms with Crippen molar-refractivity contribution in [3.05, 3.63) is 35.9 Å². The fourth-order valence-corrected chi connectivity index (χ4v) is 8.18. The molecule has 0 N–H and O–H groups in total. The van der Waals surface area contributed by atoms with E-state index in [1.807, 2.05) is 23.5 Å². The fourth-order valence-electron chi connectivity index (χ4n) is 3.46. The highest BCUT2D eigenvalue weighted by atomic mass is 32.2. The van der Waals surface area contributed by atoms with Crippen LogP contribution in [0.25, 0.3) is 0 Å². The third-order valence-corrected chi connectivity index (χ3v) is 14.2. The van der Waals surface area contributed by atoms with Gasteiger partial charge in [-0.15, -0.1) is 23.5 Å². The van der Waals surface area contributed by atoms with Gasteiger partial charge in [0.15, 0.2) is 8.32 Å². The Morgan fingerprint density at radius 3 is 2.41 bits per heavy atom. The van der Waals surface area contributed by atoms with Crippen LogP contribution < -0.4 is 0 Å². The molecule has 0 radical (unpaired) electrons. The Bertz CT molecular complexity index is 651. The maximum Gasteiger partial charge on any atom is 0.306 e. The Morgan fingerprint density at radius 1 is 1.19 bits per heavy atom. The summed E-state index contributed by atoms with van der Waals surface area (Å²) in [5, 5.41) is 0.149. The number of ether oxygens (including phenoxy) is 1. The highest BCUT2D eigenvalue weighted by Crippen LogP contribution is 2.58. The van der Waals surface area contributed by atoms with Gasteiger partial charge in [-0.1, -0.05) is 51.1 Å². The van der Waals surface area contributed by atoms with Crippen LogP contribution in [-0.4, -0.2) is 38.5 Å². The topological polar surface area (TPSA) is 35.5 Å². The fraction of sp³-hybridized carbons (Fsp3) is 0.667. The number of cyclic esters (lactones) is 1. The second-order valence-corrected chi connectivity index (χ2v) is 16.7. The van der Waals surface area contributed by atoms with E-state index in [0.717, 1.165) is 11.5 Å². The molecule has 0 aromatic heterocycles. The summed E-state index contributed by atoms with van der Waals surface area (Å²) in [5.74, 6) is 2.32. The largest absolute Gasteiger partial charge is 0.460 e. The normalized spacial score (nSPS) is 26.0. The van der Waals surface area contributed by atoms with E-state index in [9.17, 15) is 4.79 Å². The number of benzene rings is 1. The summed E-state index contributed by atoms with van der Waals surface area (Å²) < 4.78 is 12.2. The Labute approximate surface area is 173 Å². The molecule has 3 rings (SSSR count). The van der Waals surface area contributed by atoms with Crippen LogP contribution in [0, 0.1) is 5.92 Å². The molecule has 1 aromatic rings. The highest BCUT2D eigenvalue weighted by Gasteiger charge is 2.52. The highest BCUT2D eigenvalue weighted by molar-refractivity contribution is 8.18. The molecule has 2 aliphatic heterocycles. The lowest BCUT2D eigenvalue weighted by Gasteiger charge is -2.43. The number of carbonyl (C=O) groups is 1. The first-order chi connectivity index (χ1) is 12.7. The number of esters is 1. The minimum atomic E-state index is -1.88. The van der Waals surface area contributed by atoms with E-state index in [1.165, 1.54) is 12.0 Å². The number of hydrogen-bond acceptors (Lipinski definition) is 5. The third kappa shape index (κ3) is 4.44. The molecule has 0 unspecified atom stereocenters. The van der Waals surface area contributed by atoms with Crippen molar-refractivity contribution in [3.8, 4) is 0 Å². The maximum absolute atomic E-state index is 12.3. The molecule has 27 heavy (non-hydrogen) atoms. The molecule has 1 aromatic carbocycles. The summed E-state index contributed by atoms with van der Waals surface area (Å²) in [7, 11) is -1.88. The van der Waals surface area contributed by atoms with Crippen molar-refractivity contribution < 1.29 is 14.0 Å². The van der Waals surface area contributed by atoms with Crippen molar-refractivity contribution in [1.29, 1.82) is 0 Å². The lowest BCUT2D eigenvalue weighted by molar-refractivity contribution is -0.142. The molecule has 2 aliphatic rings. The van der Waals surface area contributed by atoms with Crippen molar-refractivity contribution in [3.63, 3.8) is 0 Å². The van der Waals surface area contributed by atoms with Crippen LogP contribution in [0.15, 0.2) is 30.3 Å². The Balaban J connectivity index is 1.86. The Hall–Kier alpha value is -0.433. The van der Waals surface area contributed by atoms with E-state index in [2.05, 4.69) is 64.2 Å². The first kappa shape index (κ1) is 21.3. The van der Waals surface area contributed by atoms with E-state index in [1.54, 1.807) is 0 Å². The molecular weight excluding hydrogens is 392 g/mol. The predicted molar refractivity (Wildman–Crippen MR) is 119 cm³/mol. The maximum atomic E-state index is 12.3. The minimum absolute atomic E-state index is 0.0779. The molecule has 0 spiro atoms. The zero-order chi connectivity index (χ0) is 19.7. The van der Waals surface area contributed by atoms with E-state index < -0.39 is 8.32 Å². The smallest absolute Gasteiger partial charge is 0.306 e. The van der Waals surface area contributed by atoms with Gasteiger partial charge in [0.25, 0.3) is 0 Å². The number of rotatable bonds is 5. The van der Waals surface area contributed by atoms with Gasteiger partial charge in [-0.2, -0.15) is 0 Å². The van der Waals surface area contributed by atoms with Crippen LogP contribution in [0.2, 0.25) is 18.1 Å². The van der Waals surface area contributed by atoms with Crippen LogP contribution >= 0.6 is 23.5 Å². The van der Waals surface area contributed by atoms with Crippen molar-refractivity contribution in [1.82, 2.24) is 0 Å². The average Bonchev–Trinajstić information content (AvgIpc) is 3.02. The van der Waals surface area contributed by atoms with E-state index in [-0.39, 0.29) is 27.1 Å². The zero-order valence-corrected chi connectivity index (χ0v) is 19.8. The number of thioether (sulfide) groups is 2. The van der Waals surface area contributed by atoms with Crippen LogP contribution in [0.1, 0.15) is 39.2 Å². The van der Waals surface area contributed by atoms with Crippen molar-refractivity contribution in [2.45, 2.75) is 61.9 Å². The van der Waals surface area contributed by atoms with E-state index in [4.69, 9.17) is 9.16 Å². The standard InChI is InChI=1S/C21H32O3S2Si/c1-20(2,3)27(4,5)23-15-18-17(14-19(22)24-18)21(25-12-9-13-26-21)16-10-7-6-8-11-16/h6-8,10-11,17-18H,9,12-15H2,1-5H3/t17-,18+/m0/s1. The molecule has 0 bridgehead atoms. The molecule has 0 amide bonds. The van der Waals surface area contributed by atoms with Gasteiger partial charge in [-0.3, -0.25) is 4.79 Å². The molecule has 6 heteroatoms. The van der Waals surface area contributed by atoms with Gasteiger partial charge in [0.05, 0.1) is 17.1 Å². The van der Waals surface area contributed by atoms with Crippen LogP contribution in [0.4, 0.5) is 0 Å². The molecule has 3 nitrogen and oxygen atoms in total. The minimum Gasteiger partial charge on any atom is -0.460 e. The summed E-state index contributed by atoms with van der Waals surface area (Å²) in [5.41, 5.74) is 1.31. The molecule has 150 valence electrons. The van der Waals surface area contributed by atoms with Crippen molar-refractivity contribution >= 4 is 37.8 Å². The van der Waals surface area contributed by atoms with Crippen LogP contribution in [0.5, 0.6) is 0 Å². The van der Waals surface area contributed by atoms with Gasteiger partial charge in [-0.05, 0) is 41.6 Å². The van der Waals surface area contributed by atoms with Crippen molar-refractivity contribution in [2.24, 2.45) is 5.92 Å². The van der Waals surface area contributed by atoms with E-state index in [0.29, 0.717) is 13.0 Å². The molecule has 0 aliphatic carbocycles. The van der Waals surface area contributed by atoms with Gasteiger partial charge in [0.1, 0.15) is 6.10 Å². The SMILES string of the molecule is CC(C)(C)[Si](C)(C)OC[C@H]1OC(=O)C[C@@H]1C1(c2ccccc2)SCCCS1. The second kappa shape index (κ2) is 8.13. The van der Waals surface area contributed by atoms with Gasteiger partial charge >= 0.3 is 5.97 Å². The molecular formula is C21H32O3S2Si. The lowest BCUT2D eigenvalue weighted by atomic mass is 9.92. The Morgan fingerprint density at radius 2 is 1.81 bits per heavy atom. The summed E-state index contributed by atoms with van der Waals surface area (Å²) in [6.07, 6.45) is 1.54. The zero-order valence-electron chi connectivity index (χ0n) is 17.1. The first-order valence-corrected chi connectivity index (χ1v) is 14.7. The molecule has 2 saturated heterocycles. The second-order valence-electron chi connectivity index (χ2n) is 8.99. The van der Waals surface area contributed by atoms with Crippen LogP contribution in [-0.2, 0) is 18.0 Å². The quantitative estimate of drug-likeness (QED) is 0.450. The third-order valence-electron chi connectivity index (χ3n) is 6.12. The predicted octanol–water partition coefficient (Wildman–Crippen LogP) is 5.66. The summed E-state index contributed by atoms with van der Waals surface area (Å²) >= 11 is 3.98. The summed E-state index contributed by atoms with van der Waals surface area (Å²) in [6, 6.07) is 10.7. The Kier molecular flexibility index (Phi) is 6.41. The van der Waals surface area contributed by atoms with E-state index >= 15 is 0 Å². The van der Waals surface area contributed by atoms with Gasteiger partial charge in [0.2, 0.25) is 0 Å². The van der Waals surface area contributed by atoms with Gasteiger partial charge in [-0.25, -0.2) is 0 Å². The summed E-state index contributed by atoms with van der Waals surface area (Å²) in [4.78, 5) is 12.3. The van der Waals surface area contributed by atoms with Crippen molar-refractivity contribution in [2.75, 3.05) is 18.1 Å². The first-order valence-electron chi connectivity index (χ1n) is 9.83. The number of hydrogen-bond donors (Lipinski definition) is 0. The van der Waals surface area contributed by atoms with Gasteiger partial charge in [0, 0.05) is 5.92 Å². The summed E-state index contributed by atoms with van der Waals surface area (Å²) in [6.45, 7) is 11.8. The van der Waals surface area contributed by atoms with Crippen LogP contribution in [0.3, 0.4) is 0 Å². The number of carbonyl (C=O) groups excluding carboxylic acids is 1. The molecule has 2 heterocycles. The molecule has 0 saturated carbocycles. The molecule has 2 atom stereocenters. The lowest BCUT2D eigenvalue weighted by Crippen LogP contribution is -2.45.